The largest absolute Gasteiger partial charge is 0.441 e. The molecule has 6 aromatic rings. The molecular weight excluding hydrogens is 506 g/mol. The van der Waals surface area contributed by atoms with Crippen LogP contribution < -0.4 is 5.73 Å². The van der Waals surface area contributed by atoms with Crippen LogP contribution in [-0.2, 0) is 19.5 Å². The Morgan fingerprint density at radius 3 is 2.73 bits per heavy atom. The maximum Gasteiger partial charge on any atom is 0.257 e. The molecule has 1 amide bonds. The average molecular weight is 532 g/mol. The number of anilines is 1. The summed E-state index contributed by atoms with van der Waals surface area (Å²) in [4.78, 5) is 36.4. The second-order valence-electron chi connectivity index (χ2n) is 9.98. The Morgan fingerprint density at radius 2 is 1.88 bits per heavy atom. The highest BCUT2D eigenvalue weighted by molar-refractivity contribution is 5.99. The number of aryl methyl sites for hydroxylation is 2. The van der Waals surface area contributed by atoms with E-state index in [4.69, 9.17) is 15.2 Å². The van der Waals surface area contributed by atoms with E-state index in [1.807, 2.05) is 34.7 Å². The highest BCUT2D eigenvalue weighted by Crippen LogP contribution is 2.32. The summed E-state index contributed by atoms with van der Waals surface area (Å²) in [5.74, 6) is 1.57. The molecule has 1 aliphatic heterocycles. The predicted octanol–water partition coefficient (Wildman–Crippen LogP) is 3.87. The molecule has 0 saturated heterocycles. The minimum atomic E-state index is -0.0542. The molecule has 11 nitrogen and oxygen atoms in total. The minimum Gasteiger partial charge on any atom is -0.441 e. The zero-order valence-electron chi connectivity index (χ0n) is 22.0. The summed E-state index contributed by atoms with van der Waals surface area (Å²) in [5, 5.41) is 5.63. The fraction of sp³-hybridized carbons (Fsp3) is 0.207. The smallest absolute Gasteiger partial charge is 0.257 e. The van der Waals surface area contributed by atoms with Crippen LogP contribution >= 0.6 is 0 Å². The lowest BCUT2D eigenvalue weighted by Crippen LogP contribution is -2.36. The van der Waals surface area contributed by atoms with Gasteiger partial charge < -0.3 is 15.1 Å². The number of hydrogen-bond donors (Lipinski definition) is 1. The minimum absolute atomic E-state index is 0.0542. The zero-order valence-corrected chi connectivity index (χ0v) is 22.0. The van der Waals surface area contributed by atoms with Crippen LogP contribution in [0.4, 0.5) is 5.82 Å². The van der Waals surface area contributed by atoms with E-state index in [2.05, 4.69) is 43.1 Å². The van der Waals surface area contributed by atoms with Crippen molar-refractivity contribution in [2.24, 2.45) is 0 Å². The van der Waals surface area contributed by atoms with Crippen molar-refractivity contribution >= 4 is 33.9 Å². The van der Waals surface area contributed by atoms with Gasteiger partial charge in [-0.3, -0.25) is 4.79 Å². The fourth-order valence-electron chi connectivity index (χ4n) is 5.27. The topological polar surface area (TPSA) is 142 Å². The molecule has 5 heterocycles. The van der Waals surface area contributed by atoms with E-state index >= 15 is 0 Å². The van der Waals surface area contributed by atoms with Crippen molar-refractivity contribution in [2.45, 2.75) is 33.4 Å². The molecule has 1 aliphatic rings. The van der Waals surface area contributed by atoms with E-state index in [1.165, 1.54) is 11.9 Å². The van der Waals surface area contributed by atoms with Crippen molar-refractivity contribution < 1.29 is 9.21 Å². The third-order valence-corrected chi connectivity index (χ3v) is 7.26. The molecule has 0 atom stereocenters. The van der Waals surface area contributed by atoms with Gasteiger partial charge in [-0.05, 0) is 48.2 Å². The molecule has 7 rings (SSSR count). The van der Waals surface area contributed by atoms with Crippen molar-refractivity contribution in [3.63, 3.8) is 0 Å². The van der Waals surface area contributed by atoms with E-state index in [0.29, 0.717) is 59.5 Å². The van der Waals surface area contributed by atoms with Crippen LogP contribution in [0.5, 0.6) is 0 Å². The van der Waals surface area contributed by atoms with Gasteiger partial charge in [0.25, 0.3) is 5.91 Å². The number of benzene rings is 2. The molecule has 0 unspecified atom stereocenters. The number of amides is 1. The zero-order chi connectivity index (χ0) is 27.4. The molecular formula is C29H25N9O2. The molecule has 4 aromatic heterocycles. The number of nitrogens with zero attached hydrogens (tertiary/aromatic N) is 8. The summed E-state index contributed by atoms with van der Waals surface area (Å²) in [6.07, 6.45) is 5.40. The van der Waals surface area contributed by atoms with E-state index in [9.17, 15) is 4.79 Å². The quantitative estimate of drug-likeness (QED) is 0.359. The van der Waals surface area contributed by atoms with Crippen LogP contribution in [0.25, 0.3) is 33.4 Å². The lowest BCUT2D eigenvalue weighted by molar-refractivity contribution is 0.0733. The van der Waals surface area contributed by atoms with Crippen LogP contribution in [0.15, 0.2) is 59.5 Å². The van der Waals surface area contributed by atoms with Gasteiger partial charge in [-0.1, -0.05) is 18.2 Å². The molecule has 2 N–H and O–H groups in total. The van der Waals surface area contributed by atoms with Crippen molar-refractivity contribution in [1.82, 2.24) is 39.6 Å². The van der Waals surface area contributed by atoms with Crippen LogP contribution in [0.3, 0.4) is 0 Å². The Kier molecular flexibility index (Phi) is 5.51. The lowest BCUT2D eigenvalue weighted by Gasteiger charge is -2.29. The third-order valence-electron chi connectivity index (χ3n) is 7.26. The summed E-state index contributed by atoms with van der Waals surface area (Å²) in [6.45, 7) is 5.31. The SMILES string of the molecule is Cc1ncc(C(=O)N2CCc3cc(Cn4nc(-c5ccc6oc(C)nc6c5)c5c(N)ncnc54)ccc3C2)cn1. The number of carbonyl (C=O) groups excluding carboxylic acids is 1. The Morgan fingerprint density at radius 1 is 1.02 bits per heavy atom. The summed E-state index contributed by atoms with van der Waals surface area (Å²) in [7, 11) is 0. The molecule has 0 aliphatic carbocycles. The van der Waals surface area contributed by atoms with E-state index in [0.717, 1.165) is 34.2 Å². The van der Waals surface area contributed by atoms with Gasteiger partial charge in [-0.2, -0.15) is 5.10 Å². The normalized spacial score (nSPS) is 13.2. The van der Waals surface area contributed by atoms with Crippen LogP contribution in [0.2, 0.25) is 0 Å². The highest BCUT2D eigenvalue weighted by atomic mass is 16.3. The standard InChI is InChI=1S/C29H25N9O2/c1-16-31-11-22(12-32-16)29(39)37-8-7-19-9-18(3-4-21(19)14-37)13-38-28-25(27(30)33-15-34-28)26(36-38)20-5-6-24-23(10-20)35-17(2)40-24/h3-6,9-12,15H,7-8,13-14H2,1-2H3,(H2,30,33,34). The average Bonchev–Trinajstić information content (AvgIpc) is 3.52. The molecule has 198 valence electrons. The van der Waals surface area contributed by atoms with Crippen molar-refractivity contribution in [3.8, 4) is 11.3 Å². The lowest BCUT2D eigenvalue weighted by atomic mass is 9.97. The first-order valence-electron chi connectivity index (χ1n) is 13.0. The Labute approximate surface area is 228 Å². The third kappa shape index (κ3) is 4.12. The highest BCUT2D eigenvalue weighted by Gasteiger charge is 2.23. The summed E-state index contributed by atoms with van der Waals surface area (Å²) >= 11 is 0. The Balaban J connectivity index is 1.18. The number of rotatable bonds is 4. The van der Waals surface area contributed by atoms with Gasteiger partial charge in [-0.15, -0.1) is 0 Å². The Hall–Kier alpha value is -5.19. The van der Waals surface area contributed by atoms with Crippen molar-refractivity contribution in [3.05, 3.63) is 89.1 Å². The molecule has 2 aromatic carbocycles. The van der Waals surface area contributed by atoms with Crippen LogP contribution in [0.1, 0.15) is 38.8 Å². The fourth-order valence-corrected chi connectivity index (χ4v) is 5.27. The van der Waals surface area contributed by atoms with Gasteiger partial charge in [0.05, 0.1) is 17.5 Å². The molecule has 40 heavy (non-hydrogen) atoms. The number of nitrogens with two attached hydrogens (primary N) is 1. The van der Waals surface area contributed by atoms with Gasteiger partial charge >= 0.3 is 0 Å². The molecule has 0 spiro atoms. The summed E-state index contributed by atoms with van der Waals surface area (Å²) in [6, 6.07) is 12.1. The van der Waals surface area contributed by atoms with Gasteiger partial charge in [-0.25, -0.2) is 29.6 Å². The van der Waals surface area contributed by atoms with E-state index in [1.54, 1.807) is 19.3 Å². The molecule has 0 fully saturated rings. The van der Waals surface area contributed by atoms with Crippen LogP contribution in [0, 0.1) is 13.8 Å². The van der Waals surface area contributed by atoms with Gasteiger partial charge in [0, 0.05) is 38.0 Å². The number of oxazole rings is 1. The maximum atomic E-state index is 13.0. The number of aromatic nitrogens is 7. The number of hydrogen-bond acceptors (Lipinski definition) is 9. The Bertz CT molecular complexity index is 1920. The first-order valence-corrected chi connectivity index (χ1v) is 13.0. The molecule has 11 heteroatoms. The second kappa shape index (κ2) is 9.23. The first kappa shape index (κ1) is 23.9. The van der Waals surface area contributed by atoms with E-state index < -0.39 is 0 Å². The monoisotopic (exact) mass is 531 g/mol. The van der Waals surface area contributed by atoms with Gasteiger partial charge in [0.15, 0.2) is 17.1 Å². The van der Waals surface area contributed by atoms with Crippen LogP contribution in [-0.4, -0.2) is 52.1 Å². The second-order valence-corrected chi connectivity index (χ2v) is 9.98. The first-order chi connectivity index (χ1) is 19.4. The number of fused-ring (bicyclic) bond motifs is 3. The molecule has 0 bridgehead atoms. The number of carbonyl (C=O) groups is 1. The molecule has 0 saturated carbocycles. The van der Waals surface area contributed by atoms with E-state index in [-0.39, 0.29) is 5.91 Å². The number of nitrogen functional groups attached to an aromatic ring is 1. The summed E-state index contributed by atoms with van der Waals surface area (Å²) < 4.78 is 7.49. The molecule has 0 radical (unpaired) electrons. The van der Waals surface area contributed by atoms with Gasteiger partial charge in [0.2, 0.25) is 0 Å². The predicted molar refractivity (Wildman–Crippen MR) is 148 cm³/mol. The maximum absolute atomic E-state index is 13.0. The van der Waals surface area contributed by atoms with Crippen molar-refractivity contribution in [1.29, 1.82) is 0 Å². The van der Waals surface area contributed by atoms with Gasteiger partial charge in [0.1, 0.15) is 29.2 Å². The van der Waals surface area contributed by atoms with Crippen molar-refractivity contribution in [2.75, 3.05) is 12.3 Å². The summed E-state index contributed by atoms with van der Waals surface area (Å²) in [5.41, 5.74) is 14.0.